The molecule has 2 N–H and O–H groups in total. The molecule has 0 radical (unpaired) electrons. The van der Waals surface area contributed by atoms with Gasteiger partial charge in [0, 0.05) is 19.2 Å². The van der Waals surface area contributed by atoms with Crippen molar-refractivity contribution in [3.05, 3.63) is 29.8 Å². The van der Waals surface area contributed by atoms with E-state index in [0.717, 1.165) is 31.5 Å². The molecule has 1 aromatic carbocycles. The first kappa shape index (κ1) is 17.8. The highest BCUT2D eigenvalue weighted by molar-refractivity contribution is 5.91. The third-order valence-electron chi connectivity index (χ3n) is 3.89. The highest BCUT2D eigenvalue weighted by atomic mass is 16.5. The van der Waals surface area contributed by atoms with Gasteiger partial charge in [-0.15, -0.1) is 0 Å². The minimum atomic E-state index is -0.552. The molecule has 0 saturated carbocycles. The van der Waals surface area contributed by atoms with Gasteiger partial charge in [0.2, 0.25) is 5.91 Å². The second-order valence-corrected chi connectivity index (χ2v) is 5.74. The predicted octanol–water partition coefficient (Wildman–Crippen LogP) is 1.98. The summed E-state index contributed by atoms with van der Waals surface area (Å²) in [5, 5.41) is 0. The lowest BCUT2D eigenvalue weighted by Crippen LogP contribution is -2.30. The molecule has 1 aromatic rings. The van der Waals surface area contributed by atoms with Gasteiger partial charge in [-0.1, -0.05) is 18.9 Å². The highest BCUT2D eigenvalue weighted by Gasteiger charge is 2.13. The number of methoxy groups -OCH3 is 1. The van der Waals surface area contributed by atoms with E-state index < -0.39 is 5.91 Å². The molecular weight excluding hydrogens is 308 g/mol. The summed E-state index contributed by atoms with van der Waals surface area (Å²) in [7, 11) is 1.52. The number of nitrogens with two attached hydrogens (primary N) is 1. The van der Waals surface area contributed by atoms with E-state index in [1.54, 1.807) is 30.4 Å². The molecule has 1 fully saturated rings. The summed E-state index contributed by atoms with van der Waals surface area (Å²) >= 11 is 0. The lowest BCUT2D eigenvalue weighted by atomic mass is 10.2. The van der Waals surface area contributed by atoms with Gasteiger partial charge in [0.1, 0.15) is 0 Å². The molecule has 0 aliphatic carbocycles. The van der Waals surface area contributed by atoms with Gasteiger partial charge in [0.05, 0.1) is 7.11 Å². The van der Waals surface area contributed by atoms with E-state index in [-0.39, 0.29) is 12.5 Å². The summed E-state index contributed by atoms with van der Waals surface area (Å²) in [6.45, 7) is 1.44. The van der Waals surface area contributed by atoms with E-state index >= 15 is 0 Å². The molecule has 0 atom stereocenters. The summed E-state index contributed by atoms with van der Waals surface area (Å²) in [4.78, 5) is 24.9. The van der Waals surface area contributed by atoms with Crippen molar-refractivity contribution in [3.8, 4) is 11.5 Å². The van der Waals surface area contributed by atoms with Crippen LogP contribution in [-0.4, -0.2) is 43.5 Å². The Labute approximate surface area is 142 Å². The van der Waals surface area contributed by atoms with Gasteiger partial charge in [-0.3, -0.25) is 9.59 Å². The normalized spacial score (nSPS) is 15.1. The van der Waals surface area contributed by atoms with Crippen molar-refractivity contribution in [2.75, 3.05) is 26.8 Å². The van der Waals surface area contributed by atoms with Crippen molar-refractivity contribution in [2.24, 2.45) is 5.73 Å². The molecule has 130 valence electrons. The molecule has 0 aromatic heterocycles. The quantitative estimate of drug-likeness (QED) is 0.808. The van der Waals surface area contributed by atoms with Gasteiger partial charge in [-0.25, -0.2) is 0 Å². The maximum Gasteiger partial charge on any atom is 0.255 e. The maximum absolute atomic E-state index is 12.3. The van der Waals surface area contributed by atoms with Crippen LogP contribution in [0.3, 0.4) is 0 Å². The van der Waals surface area contributed by atoms with Crippen molar-refractivity contribution >= 4 is 17.9 Å². The lowest BCUT2D eigenvalue weighted by Gasteiger charge is -2.18. The second kappa shape index (κ2) is 8.96. The van der Waals surface area contributed by atoms with Gasteiger partial charge in [-0.2, -0.15) is 0 Å². The Kier molecular flexibility index (Phi) is 6.66. The SMILES string of the molecule is COc1cc(/C=C/C(=O)N2CCCCCC2)ccc1OCC(N)=O. The molecular formula is C18H24N2O4. The second-order valence-electron chi connectivity index (χ2n) is 5.74. The Morgan fingerprint density at radius 3 is 2.50 bits per heavy atom. The van der Waals surface area contributed by atoms with Crippen LogP contribution in [0.25, 0.3) is 6.08 Å². The highest BCUT2D eigenvalue weighted by Crippen LogP contribution is 2.28. The fourth-order valence-electron chi connectivity index (χ4n) is 2.62. The molecule has 1 aliphatic rings. The third kappa shape index (κ3) is 5.30. The first-order valence-corrected chi connectivity index (χ1v) is 8.16. The number of carbonyl (C=O) groups excluding carboxylic acids is 2. The standard InChI is InChI=1S/C18H24N2O4/c1-23-16-12-14(6-8-15(16)24-13-17(19)21)7-9-18(22)20-10-4-2-3-5-11-20/h6-9,12H,2-5,10-11,13H2,1H3,(H2,19,21)/b9-7+. The predicted molar refractivity (Wildman–Crippen MR) is 91.8 cm³/mol. The van der Waals surface area contributed by atoms with E-state index in [1.165, 1.54) is 20.0 Å². The van der Waals surface area contributed by atoms with E-state index in [2.05, 4.69) is 0 Å². The van der Waals surface area contributed by atoms with Crippen LogP contribution in [0.15, 0.2) is 24.3 Å². The van der Waals surface area contributed by atoms with Gasteiger partial charge in [0.15, 0.2) is 18.1 Å². The van der Waals surface area contributed by atoms with E-state index in [0.29, 0.717) is 11.5 Å². The number of hydrogen-bond donors (Lipinski definition) is 1. The molecule has 1 aliphatic heterocycles. The molecule has 6 heteroatoms. The van der Waals surface area contributed by atoms with E-state index in [9.17, 15) is 9.59 Å². The zero-order chi connectivity index (χ0) is 17.4. The topological polar surface area (TPSA) is 81.9 Å². The molecule has 6 nitrogen and oxygen atoms in total. The minimum absolute atomic E-state index is 0.0323. The number of ether oxygens (including phenoxy) is 2. The number of amides is 2. The van der Waals surface area contributed by atoms with Crippen molar-refractivity contribution in [3.63, 3.8) is 0 Å². The minimum Gasteiger partial charge on any atom is -0.493 e. The summed E-state index contributed by atoms with van der Waals surface area (Å²) in [6.07, 6.45) is 7.87. The lowest BCUT2D eigenvalue weighted by molar-refractivity contribution is -0.126. The van der Waals surface area contributed by atoms with Crippen LogP contribution in [0, 0.1) is 0 Å². The summed E-state index contributed by atoms with van der Waals surface area (Å²) in [5.74, 6) is 0.405. The van der Waals surface area contributed by atoms with Crippen molar-refractivity contribution in [1.29, 1.82) is 0 Å². The Balaban J connectivity index is 2.03. The number of rotatable bonds is 6. The fourth-order valence-corrected chi connectivity index (χ4v) is 2.62. The van der Waals surface area contributed by atoms with Crippen LogP contribution in [0.1, 0.15) is 31.2 Å². The molecule has 0 spiro atoms. The van der Waals surface area contributed by atoms with E-state index in [4.69, 9.17) is 15.2 Å². The zero-order valence-electron chi connectivity index (χ0n) is 14.0. The molecule has 2 rings (SSSR count). The van der Waals surface area contributed by atoms with Crippen molar-refractivity contribution in [2.45, 2.75) is 25.7 Å². The van der Waals surface area contributed by atoms with Crippen LogP contribution in [0.2, 0.25) is 0 Å². The summed E-state index contributed by atoms with van der Waals surface area (Å²) < 4.78 is 10.5. The molecule has 1 saturated heterocycles. The largest absolute Gasteiger partial charge is 0.493 e. The summed E-state index contributed by atoms with van der Waals surface area (Å²) in [6, 6.07) is 5.24. The Hall–Kier alpha value is -2.50. The van der Waals surface area contributed by atoms with Crippen molar-refractivity contribution < 1.29 is 19.1 Å². The van der Waals surface area contributed by atoms with Gasteiger partial charge >= 0.3 is 0 Å². The average Bonchev–Trinajstić information content (AvgIpc) is 2.87. The summed E-state index contributed by atoms with van der Waals surface area (Å²) in [5.41, 5.74) is 5.89. The number of benzene rings is 1. The molecule has 24 heavy (non-hydrogen) atoms. The molecule has 2 amide bonds. The number of carbonyl (C=O) groups is 2. The van der Waals surface area contributed by atoms with Crippen LogP contribution < -0.4 is 15.2 Å². The number of hydrogen-bond acceptors (Lipinski definition) is 4. The molecule has 0 bridgehead atoms. The van der Waals surface area contributed by atoms with Crippen LogP contribution in [0.5, 0.6) is 11.5 Å². The van der Waals surface area contributed by atoms with Crippen LogP contribution in [-0.2, 0) is 9.59 Å². The first-order valence-electron chi connectivity index (χ1n) is 8.16. The average molecular weight is 332 g/mol. The van der Waals surface area contributed by atoms with E-state index in [1.807, 2.05) is 4.90 Å². The Morgan fingerprint density at radius 2 is 1.88 bits per heavy atom. The first-order chi connectivity index (χ1) is 11.6. The Morgan fingerprint density at radius 1 is 1.17 bits per heavy atom. The zero-order valence-corrected chi connectivity index (χ0v) is 14.0. The van der Waals surface area contributed by atoms with Gasteiger partial charge < -0.3 is 20.1 Å². The number of nitrogens with zero attached hydrogens (tertiary/aromatic N) is 1. The van der Waals surface area contributed by atoms with Crippen LogP contribution >= 0.6 is 0 Å². The Bertz CT molecular complexity index is 605. The molecule has 0 unspecified atom stereocenters. The van der Waals surface area contributed by atoms with Crippen molar-refractivity contribution in [1.82, 2.24) is 4.90 Å². The maximum atomic E-state index is 12.3. The monoisotopic (exact) mass is 332 g/mol. The van der Waals surface area contributed by atoms with Gasteiger partial charge in [0.25, 0.3) is 5.91 Å². The third-order valence-corrected chi connectivity index (χ3v) is 3.89. The fraction of sp³-hybridized carbons (Fsp3) is 0.444. The van der Waals surface area contributed by atoms with Gasteiger partial charge in [-0.05, 0) is 36.6 Å². The number of primary amides is 1. The smallest absolute Gasteiger partial charge is 0.255 e. The van der Waals surface area contributed by atoms with Crippen LogP contribution in [0.4, 0.5) is 0 Å². The number of likely N-dealkylation sites (tertiary alicyclic amines) is 1. The molecule has 1 heterocycles.